The maximum atomic E-state index is 13.9. The molecule has 0 bridgehead atoms. The number of alkyl halides is 2. The van der Waals surface area contributed by atoms with Crippen LogP contribution in [0.4, 0.5) is 8.78 Å². The molecular weight excluding hydrogens is 250 g/mol. The summed E-state index contributed by atoms with van der Waals surface area (Å²) in [6.45, 7) is -0.804. The molecule has 2 rings (SSSR count). The number of aldehydes is 1. The van der Waals surface area contributed by atoms with Crippen LogP contribution in [-0.4, -0.2) is 12.9 Å². The van der Waals surface area contributed by atoms with Crippen LogP contribution in [-0.2, 0) is 5.92 Å². The van der Waals surface area contributed by atoms with Crippen LogP contribution < -0.4 is 4.74 Å². The molecule has 4 heteroatoms. The van der Waals surface area contributed by atoms with E-state index in [4.69, 9.17) is 4.74 Å². The smallest absolute Gasteiger partial charge is 0.306 e. The average molecular weight is 262 g/mol. The van der Waals surface area contributed by atoms with Crippen LogP contribution in [0.15, 0.2) is 54.6 Å². The van der Waals surface area contributed by atoms with E-state index in [-0.39, 0.29) is 16.9 Å². The van der Waals surface area contributed by atoms with Crippen molar-refractivity contribution in [2.75, 3.05) is 6.61 Å². The van der Waals surface area contributed by atoms with Gasteiger partial charge in [0.15, 0.2) is 12.9 Å². The highest BCUT2D eigenvalue weighted by molar-refractivity contribution is 5.79. The minimum atomic E-state index is -3.10. The zero-order valence-electron chi connectivity index (χ0n) is 10.1. The third-order valence-electron chi connectivity index (χ3n) is 2.65. The summed E-state index contributed by atoms with van der Waals surface area (Å²) in [4.78, 5) is 10.8. The minimum absolute atomic E-state index is 0.112. The lowest BCUT2D eigenvalue weighted by Crippen LogP contribution is -2.23. The van der Waals surface area contributed by atoms with Crippen LogP contribution in [0.1, 0.15) is 15.9 Å². The van der Waals surface area contributed by atoms with Crippen LogP contribution >= 0.6 is 0 Å². The molecule has 0 fully saturated rings. The van der Waals surface area contributed by atoms with Crippen molar-refractivity contribution in [2.24, 2.45) is 0 Å². The maximum absolute atomic E-state index is 13.9. The van der Waals surface area contributed by atoms with Crippen molar-refractivity contribution < 1.29 is 18.3 Å². The number of carbonyl (C=O) groups is 1. The monoisotopic (exact) mass is 262 g/mol. The molecule has 19 heavy (non-hydrogen) atoms. The Bertz CT molecular complexity index is 553. The van der Waals surface area contributed by atoms with Crippen molar-refractivity contribution in [3.05, 3.63) is 65.7 Å². The number of para-hydroxylation sites is 1. The fraction of sp³-hybridized carbons (Fsp3) is 0.133. The van der Waals surface area contributed by atoms with Gasteiger partial charge in [-0.05, 0) is 12.1 Å². The Morgan fingerprint density at radius 1 is 1.00 bits per heavy atom. The van der Waals surface area contributed by atoms with Crippen molar-refractivity contribution >= 4 is 6.29 Å². The van der Waals surface area contributed by atoms with Gasteiger partial charge in [-0.15, -0.1) is 0 Å². The van der Waals surface area contributed by atoms with Gasteiger partial charge in [0.2, 0.25) is 0 Å². The number of hydrogen-bond acceptors (Lipinski definition) is 2. The molecule has 2 aromatic rings. The van der Waals surface area contributed by atoms with Gasteiger partial charge in [0.25, 0.3) is 0 Å². The molecule has 0 heterocycles. The SMILES string of the molecule is O=Cc1ccccc1OCC(F)(F)c1ccccc1. The van der Waals surface area contributed by atoms with Crippen molar-refractivity contribution in [2.45, 2.75) is 5.92 Å². The predicted molar refractivity (Wildman–Crippen MR) is 67.7 cm³/mol. The van der Waals surface area contributed by atoms with Gasteiger partial charge in [0, 0.05) is 5.56 Å². The average Bonchev–Trinajstić information content (AvgIpc) is 2.46. The molecule has 0 aliphatic heterocycles. The number of ether oxygens (including phenoxy) is 1. The third kappa shape index (κ3) is 3.16. The van der Waals surface area contributed by atoms with Gasteiger partial charge < -0.3 is 4.74 Å². The van der Waals surface area contributed by atoms with E-state index in [2.05, 4.69) is 0 Å². The van der Waals surface area contributed by atoms with Gasteiger partial charge in [0.1, 0.15) is 5.75 Å². The molecule has 0 aliphatic rings. The van der Waals surface area contributed by atoms with E-state index in [0.29, 0.717) is 6.29 Å². The van der Waals surface area contributed by atoms with Gasteiger partial charge in [-0.25, -0.2) is 0 Å². The number of carbonyl (C=O) groups excluding carboxylic acids is 1. The van der Waals surface area contributed by atoms with Gasteiger partial charge in [-0.1, -0.05) is 42.5 Å². The van der Waals surface area contributed by atoms with Crippen LogP contribution in [0.5, 0.6) is 5.75 Å². The van der Waals surface area contributed by atoms with E-state index in [1.54, 1.807) is 30.3 Å². The fourth-order valence-electron chi connectivity index (χ4n) is 1.64. The second-order valence-corrected chi connectivity index (χ2v) is 4.01. The van der Waals surface area contributed by atoms with Crippen molar-refractivity contribution in [3.8, 4) is 5.75 Å². The maximum Gasteiger partial charge on any atom is 0.306 e. The zero-order valence-corrected chi connectivity index (χ0v) is 10.1. The molecule has 98 valence electrons. The molecule has 0 N–H and O–H groups in total. The number of halogens is 2. The van der Waals surface area contributed by atoms with E-state index in [9.17, 15) is 13.6 Å². The zero-order chi connectivity index (χ0) is 13.7. The van der Waals surface area contributed by atoms with Crippen molar-refractivity contribution in [1.82, 2.24) is 0 Å². The molecule has 0 spiro atoms. The van der Waals surface area contributed by atoms with Crippen LogP contribution in [0.3, 0.4) is 0 Å². The first-order valence-electron chi connectivity index (χ1n) is 5.74. The quantitative estimate of drug-likeness (QED) is 0.768. The Morgan fingerprint density at radius 2 is 1.63 bits per heavy atom. The molecule has 0 radical (unpaired) electrons. The van der Waals surface area contributed by atoms with Crippen LogP contribution in [0.2, 0.25) is 0 Å². The Balaban J connectivity index is 2.12. The summed E-state index contributed by atoms with van der Waals surface area (Å²) in [5, 5.41) is 0. The lowest BCUT2D eigenvalue weighted by atomic mass is 10.1. The summed E-state index contributed by atoms with van der Waals surface area (Å²) in [7, 11) is 0. The second-order valence-electron chi connectivity index (χ2n) is 4.01. The van der Waals surface area contributed by atoms with Crippen molar-refractivity contribution in [3.63, 3.8) is 0 Å². The van der Waals surface area contributed by atoms with Gasteiger partial charge >= 0.3 is 5.92 Å². The van der Waals surface area contributed by atoms with E-state index >= 15 is 0 Å². The molecular formula is C15H12F2O2. The summed E-state index contributed by atoms with van der Waals surface area (Å²) >= 11 is 0. The topological polar surface area (TPSA) is 26.3 Å². The molecule has 0 saturated heterocycles. The molecule has 2 nitrogen and oxygen atoms in total. The number of rotatable bonds is 5. The second kappa shape index (κ2) is 5.61. The fourth-order valence-corrected chi connectivity index (χ4v) is 1.64. The van der Waals surface area contributed by atoms with Crippen LogP contribution in [0.25, 0.3) is 0 Å². The normalized spacial score (nSPS) is 11.1. The highest BCUT2D eigenvalue weighted by Gasteiger charge is 2.32. The Morgan fingerprint density at radius 3 is 2.32 bits per heavy atom. The summed E-state index contributed by atoms with van der Waals surface area (Å²) in [6.07, 6.45) is 0.579. The van der Waals surface area contributed by atoms with Crippen molar-refractivity contribution in [1.29, 1.82) is 0 Å². The third-order valence-corrected chi connectivity index (χ3v) is 2.65. The number of benzene rings is 2. The standard InChI is InChI=1S/C15H12F2O2/c16-15(17,13-7-2-1-3-8-13)11-19-14-9-5-4-6-12(14)10-18/h1-10H,11H2. The summed E-state index contributed by atoms with van der Waals surface area (Å²) in [6, 6.07) is 13.7. The molecule has 2 aromatic carbocycles. The van der Waals surface area contributed by atoms with Gasteiger partial charge in [-0.2, -0.15) is 8.78 Å². The molecule has 0 saturated carbocycles. The van der Waals surface area contributed by atoms with Crippen LogP contribution in [0, 0.1) is 0 Å². The summed E-state index contributed by atoms with van der Waals surface area (Å²) in [5.41, 5.74) is 0.143. The van der Waals surface area contributed by atoms with Gasteiger partial charge in [0.05, 0.1) is 5.56 Å². The van der Waals surface area contributed by atoms with E-state index in [1.807, 2.05) is 0 Å². The first kappa shape index (κ1) is 13.2. The Labute approximate surface area is 109 Å². The Hall–Kier alpha value is -2.23. The van der Waals surface area contributed by atoms with E-state index in [0.717, 1.165) is 0 Å². The summed E-state index contributed by atoms with van der Waals surface area (Å²) in [5.74, 6) is -2.94. The molecule has 0 unspecified atom stereocenters. The van der Waals surface area contributed by atoms with E-state index in [1.165, 1.54) is 24.3 Å². The minimum Gasteiger partial charge on any atom is -0.486 e. The first-order chi connectivity index (χ1) is 9.13. The molecule has 0 amide bonds. The highest BCUT2D eigenvalue weighted by Crippen LogP contribution is 2.29. The number of hydrogen-bond donors (Lipinski definition) is 0. The van der Waals surface area contributed by atoms with Gasteiger partial charge in [-0.3, -0.25) is 4.79 Å². The summed E-state index contributed by atoms with van der Waals surface area (Å²) < 4.78 is 32.8. The van der Waals surface area contributed by atoms with E-state index < -0.39 is 12.5 Å². The molecule has 0 aliphatic carbocycles. The lowest BCUT2D eigenvalue weighted by Gasteiger charge is -2.18. The largest absolute Gasteiger partial charge is 0.486 e. The predicted octanol–water partition coefficient (Wildman–Crippen LogP) is 3.67. The lowest BCUT2D eigenvalue weighted by molar-refractivity contribution is -0.0468. The molecule has 0 aromatic heterocycles. The molecule has 0 atom stereocenters. The highest BCUT2D eigenvalue weighted by atomic mass is 19.3. The first-order valence-corrected chi connectivity index (χ1v) is 5.74. The Kier molecular flexibility index (Phi) is 3.90.